The topological polar surface area (TPSA) is 12.0 Å². The summed E-state index contributed by atoms with van der Waals surface area (Å²) in [5.41, 5.74) is 4.76. The predicted molar refractivity (Wildman–Crippen MR) is 87.3 cm³/mol. The summed E-state index contributed by atoms with van der Waals surface area (Å²) in [5.74, 6) is 0. The molecule has 1 N–H and O–H groups in total. The minimum atomic E-state index is 1.00. The summed E-state index contributed by atoms with van der Waals surface area (Å²) in [4.78, 5) is 2.50. The lowest BCUT2D eigenvalue weighted by atomic mass is 10.1. The van der Waals surface area contributed by atoms with Crippen molar-refractivity contribution in [3.8, 4) is 0 Å². The van der Waals surface area contributed by atoms with Crippen molar-refractivity contribution in [1.82, 2.24) is 0 Å². The van der Waals surface area contributed by atoms with Gasteiger partial charge < -0.3 is 5.32 Å². The van der Waals surface area contributed by atoms with E-state index in [9.17, 15) is 0 Å². The number of thioether (sulfide) groups is 1. The summed E-state index contributed by atoms with van der Waals surface area (Å²) in [6, 6.07) is 6.35. The van der Waals surface area contributed by atoms with E-state index in [0.29, 0.717) is 0 Å². The number of rotatable bonds is 4. The summed E-state index contributed by atoms with van der Waals surface area (Å²) in [7, 11) is 0. The van der Waals surface area contributed by atoms with Crippen molar-refractivity contribution in [2.24, 2.45) is 0 Å². The SMILES string of the molecule is C=C/C(=C/C1=C(C)Nc2ccc(C=C)cc2S1)CC. The second kappa shape index (κ2) is 5.98. The second-order valence-electron chi connectivity index (χ2n) is 4.45. The van der Waals surface area contributed by atoms with E-state index in [-0.39, 0.29) is 0 Å². The highest BCUT2D eigenvalue weighted by Crippen LogP contribution is 2.41. The van der Waals surface area contributed by atoms with E-state index in [2.05, 4.69) is 56.6 Å². The third-order valence-corrected chi connectivity index (χ3v) is 4.34. The van der Waals surface area contributed by atoms with Crippen molar-refractivity contribution in [2.75, 3.05) is 5.32 Å². The molecule has 0 unspecified atom stereocenters. The number of hydrogen-bond donors (Lipinski definition) is 1. The lowest BCUT2D eigenvalue weighted by Gasteiger charge is -2.21. The molecule has 19 heavy (non-hydrogen) atoms. The molecule has 0 fully saturated rings. The molecule has 2 heteroatoms. The smallest absolute Gasteiger partial charge is 0.0524 e. The van der Waals surface area contributed by atoms with Gasteiger partial charge >= 0.3 is 0 Å². The van der Waals surface area contributed by atoms with Crippen LogP contribution in [0.15, 0.2) is 64.6 Å². The van der Waals surface area contributed by atoms with Gasteiger partial charge in [0, 0.05) is 15.5 Å². The molecule has 1 heterocycles. The molecular formula is C17H19NS. The van der Waals surface area contributed by atoms with E-state index < -0.39 is 0 Å². The van der Waals surface area contributed by atoms with Gasteiger partial charge in [-0.05, 0) is 42.7 Å². The summed E-state index contributed by atoms with van der Waals surface area (Å²) in [6.45, 7) is 11.9. The van der Waals surface area contributed by atoms with Crippen LogP contribution in [0, 0.1) is 0 Å². The fourth-order valence-electron chi connectivity index (χ4n) is 1.92. The normalized spacial score (nSPS) is 14.7. The maximum atomic E-state index is 3.86. The van der Waals surface area contributed by atoms with Crippen LogP contribution in [-0.4, -0.2) is 0 Å². The minimum Gasteiger partial charge on any atom is -0.357 e. The van der Waals surface area contributed by atoms with Crippen LogP contribution in [0.25, 0.3) is 6.08 Å². The Bertz CT molecular complexity index is 579. The summed E-state index contributed by atoms with van der Waals surface area (Å²) >= 11 is 1.80. The molecule has 0 radical (unpaired) electrons. The van der Waals surface area contributed by atoms with E-state index in [1.165, 1.54) is 26.8 Å². The Morgan fingerprint density at radius 1 is 1.37 bits per heavy atom. The number of nitrogens with one attached hydrogen (secondary N) is 1. The molecule has 0 bridgehead atoms. The molecule has 0 aromatic heterocycles. The van der Waals surface area contributed by atoms with Crippen LogP contribution in [0.2, 0.25) is 0 Å². The van der Waals surface area contributed by atoms with Crippen LogP contribution in [-0.2, 0) is 0 Å². The quantitative estimate of drug-likeness (QED) is 0.714. The lowest BCUT2D eigenvalue weighted by Crippen LogP contribution is -2.04. The van der Waals surface area contributed by atoms with Gasteiger partial charge in [-0.25, -0.2) is 0 Å². The number of allylic oxidation sites excluding steroid dienone is 4. The van der Waals surface area contributed by atoms with Crippen molar-refractivity contribution < 1.29 is 0 Å². The fraction of sp³-hybridized carbons (Fsp3) is 0.176. The standard InChI is InChI=1S/C17H19NS/c1-5-13(6-2)10-16-12(4)18-15-9-8-14(7-3)11-17(15)19-16/h5,7-11,18H,1,3,6H2,2,4H3/b13-10-. The van der Waals surface area contributed by atoms with Crippen LogP contribution in [0.4, 0.5) is 5.69 Å². The third-order valence-electron chi connectivity index (χ3n) is 3.14. The predicted octanol–water partition coefficient (Wildman–Crippen LogP) is 5.60. The van der Waals surface area contributed by atoms with Crippen LogP contribution in [0.1, 0.15) is 25.8 Å². The van der Waals surface area contributed by atoms with Crippen molar-refractivity contribution in [1.29, 1.82) is 0 Å². The Morgan fingerprint density at radius 2 is 2.16 bits per heavy atom. The molecule has 0 saturated heterocycles. The van der Waals surface area contributed by atoms with Gasteiger partial charge in [0.1, 0.15) is 0 Å². The largest absolute Gasteiger partial charge is 0.357 e. The van der Waals surface area contributed by atoms with Gasteiger partial charge in [0.05, 0.1) is 5.69 Å². The molecule has 1 nitrogen and oxygen atoms in total. The van der Waals surface area contributed by atoms with Gasteiger partial charge in [-0.15, -0.1) is 0 Å². The van der Waals surface area contributed by atoms with Gasteiger partial charge in [-0.2, -0.15) is 0 Å². The van der Waals surface area contributed by atoms with Gasteiger partial charge in [0.25, 0.3) is 0 Å². The number of anilines is 1. The Morgan fingerprint density at radius 3 is 2.79 bits per heavy atom. The Kier molecular flexibility index (Phi) is 4.33. The minimum absolute atomic E-state index is 1.00. The third kappa shape index (κ3) is 3.02. The molecule has 1 aliphatic heterocycles. The molecule has 1 aromatic carbocycles. The van der Waals surface area contributed by atoms with E-state index in [1.807, 2.05) is 12.2 Å². The average Bonchev–Trinajstić information content (AvgIpc) is 2.44. The summed E-state index contributed by atoms with van der Waals surface area (Å²) < 4.78 is 0. The van der Waals surface area contributed by atoms with Crippen LogP contribution >= 0.6 is 11.8 Å². The van der Waals surface area contributed by atoms with E-state index in [4.69, 9.17) is 0 Å². The maximum absolute atomic E-state index is 3.86. The van der Waals surface area contributed by atoms with Crippen LogP contribution in [0.3, 0.4) is 0 Å². The fourth-order valence-corrected chi connectivity index (χ4v) is 3.00. The van der Waals surface area contributed by atoms with Gasteiger partial charge in [-0.3, -0.25) is 0 Å². The molecule has 0 aliphatic carbocycles. The molecule has 2 rings (SSSR count). The molecule has 0 saturated carbocycles. The first-order valence-electron chi connectivity index (χ1n) is 6.43. The number of fused-ring (bicyclic) bond motifs is 1. The highest BCUT2D eigenvalue weighted by Gasteiger charge is 2.14. The molecule has 0 atom stereocenters. The highest BCUT2D eigenvalue weighted by atomic mass is 32.2. The first-order chi connectivity index (χ1) is 9.17. The molecule has 0 amide bonds. The zero-order chi connectivity index (χ0) is 13.8. The van der Waals surface area contributed by atoms with Gasteiger partial charge in [0.15, 0.2) is 0 Å². The van der Waals surface area contributed by atoms with Crippen molar-refractivity contribution in [3.05, 3.63) is 65.2 Å². The van der Waals surface area contributed by atoms with Crippen molar-refractivity contribution in [2.45, 2.75) is 25.2 Å². The molecule has 1 aromatic rings. The first kappa shape index (κ1) is 13.8. The monoisotopic (exact) mass is 269 g/mol. The van der Waals surface area contributed by atoms with Crippen molar-refractivity contribution >= 4 is 23.5 Å². The van der Waals surface area contributed by atoms with Gasteiger partial charge in [-0.1, -0.05) is 50.1 Å². The van der Waals surface area contributed by atoms with Gasteiger partial charge in [0.2, 0.25) is 0 Å². The molecule has 98 valence electrons. The highest BCUT2D eigenvalue weighted by molar-refractivity contribution is 8.03. The number of hydrogen-bond acceptors (Lipinski definition) is 2. The van der Waals surface area contributed by atoms with Crippen molar-refractivity contribution in [3.63, 3.8) is 0 Å². The second-order valence-corrected chi connectivity index (χ2v) is 5.54. The Hall–Kier alpha value is -1.67. The first-order valence-corrected chi connectivity index (χ1v) is 7.24. The van der Waals surface area contributed by atoms with E-state index in [0.717, 1.165) is 12.0 Å². The summed E-state index contributed by atoms with van der Waals surface area (Å²) in [6.07, 6.45) is 7.02. The Labute approximate surface area is 119 Å². The maximum Gasteiger partial charge on any atom is 0.0524 e. The zero-order valence-electron chi connectivity index (χ0n) is 11.5. The zero-order valence-corrected chi connectivity index (χ0v) is 12.3. The average molecular weight is 269 g/mol. The van der Waals surface area contributed by atoms with E-state index in [1.54, 1.807) is 11.8 Å². The summed E-state index contributed by atoms with van der Waals surface area (Å²) in [5, 5.41) is 3.46. The molecular weight excluding hydrogens is 250 g/mol. The molecule has 1 aliphatic rings. The lowest BCUT2D eigenvalue weighted by molar-refractivity contribution is 1.15. The van der Waals surface area contributed by atoms with Crippen LogP contribution in [0.5, 0.6) is 0 Å². The Balaban J connectivity index is 2.36. The molecule has 0 spiro atoms. The van der Waals surface area contributed by atoms with Crippen LogP contribution < -0.4 is 5.32 Å². The van der Waals surface area contributed by atoms with E-state index >= 15 is 0 Å². The number of benzene rings is 1.